The Morgan fingerprint density at radius 2 is 1.89 bits per heavy atom. The fraction of sp³-hybridized carbons (Fsp3) is 0.533. The molecule has 0 radical (unpaired) electrons. The second-order valence-electron chi connectivity index (χ2n) is 5.43. The van der Waals surface area contributed by atoms with Crippen molar-refractivity contribution >= 4 is 10.9 Å². The van der Waals surface area contributed by atoms with Crippen molar-refractivity contribution in [3.63, 3.8) is 0 Å². The first kappa shape index (κ1) is 13.1. The number of rotatable bonds is 5. The van der Waals surface area contributed by atoms with E-state index >= 15 is 0 Å². The Labute approximate surface area is 109 Å². The molecule has 0 aliphatic carbocycles. The first-order valence-corrected chi connectivity index (χ1v) is 6.75. The zero-order chi connectivity index (χ0) is 13.1. The Kier molecular flexibility index (Phi) is 4.02. The summed E-state index contributed by atoms with van der Waals surface area (Å²) in [7, 11) is 0. The molecule has 1 heterocycles. The summed E-state index contributed by atoms with van der Waals surface area (Å²) in [6.45, 7) is 9.90. The van der Waals surface area contributed by atoms with Gasteiger partial charge in [0.15, 0.2) is 0 Å². The van der Waals surface area contributed by atoms with E-state index in [9.17, 15) is 0 Å². The minimum Gasteiger partial charge on any atom is -0.314 e. The average molecular weight is 245 g/mol. The van der Waals surface area contributed by atoms with E-state index in [4.69, 9.17) is 0 Å². The summed E-state index contributed by atoms with van der Waals surface area (Å²) in [5.41, 5.74) is 1.22. The molecule has 0 aliphatic rings. The topological polar surface area (TPSA) is 29.9 Å². The third kappa shape index (κ3) is 2.72. The maximum absolute atomic E-state index is 4.53. The van der Waals surface area contributed by atoms with Gasteiger partial charge in [0.2, 0.25) is 0 Å². The minimum atomic E-state index is 0.399. The molecule has 2 aromatic rings. The molecule has 2 atom stereocenters. The van der Waals surface area contributed by atoms with E-state index in [2.05, 4.69) is 67.1 Å². The second-order valence-corrected chi connectivity index (χ2v) is 5.43. The molecule has 1 aromatic heterocycles. The number of hydrogen-bond acceptors (Lipinski definition) is 2. The van der Waals surface area contributed by atoms with Crippen LogP contribution in [0.5, 0.6) is 0 Å². The van der Waals surface area contributed by atoms with Crippen molar-refractivity contribution in [2.45, 2.75) is 39.8 Å². The highest BCUT2D eigenvalue weighted by molar-refractivity contribution is 5.78. The fourth-order valence-corrected chi connectivity index (χ4v) is 2.15. The lowest BCUT2D eigenvalue weighted by molar-refractivity contribution is 0.336. The number of benzene rings is 1. The first-order chi connectivity index (χ1) is 8.59. The van der Waals surface area contributed by atoms with Crippen molar-refractivity contribution in [1.82, 2.24) is 15.1 Å². The van der Waals surface area contributed by atoms with E-state index in [1.54, 1.807) is 0 Å². The van der Waals surface area contributed by atoms with Crippen LogP contribution in [0.3, 0.4) is 0 Å². The third-order valence-corrected chi connectivity index (χ3v) is 3.56. The van der Waals surface area contributed by atoms with Crippen molar-refractivity contribution in [1.29, 1.82) is 0 Å². The van der Waals surface area contributed by atoms with E-state index in [0.717, 1.165) is 6.54 Å². The second kappa shape index (κ2) is 5.53. The largest absolute Gasteiger partial charge is 0.314 e. The first-order valence-electron chi connectivity index (χ1n) is 6.75. The molecule has 0 fully saturated rings. The standard InChI is InChI=1S/C15H23N3/c1-11(2)16-9-12(3)13(4)18-15-8-6-5-7-14(15)10-17-18/h5-8,10-13,16H,9H2,1-4H3. The van der Waals surface area contributed by atoms with Crippen LogP contribution < -0.4 is 5.32 Å². The lowest BCUT2D eigenvalue weighted by Crippen LogP contribution is -2.31. The Morgan fingerprint density at radius 1 is 1.17 bits per heavy atom. The summed E-state index contributed by atoms with van der Waals surface area (Å²) < 4.78 is 2.14. The van der Waals surface area contributed by atoms with Crippen molar-refractivity contribution < 1.29 is 0 Å². The third-order valence-electron chi connectivity index (χ3n) is 3.56. The smallest absolute Gasteiger partial charge is 0.0685 e. The lowest BCUT2D eigenvalue weighted by atomic mass is 10.0. The van der Waals surface area contributed by atoms with E-state index in [-0.39, 0.29) is 0 Å². The molecule has 18 heavy (non-hydrogen) atoms. The minimum absolute atomic E-state index is 0.399. The predicted molar refractivity (Wildman–Crippen MR) is 76.7 cm³/mol. The van der Waals surface area contributed by atoms with Gasteiger partial charge in [-0.15, -0.1) is 0 Å². The molecule has 0 saturated carbocycles. The summed E-state index contributed by atoms with van der Waals surface area (Å²) in [4.78, 5) is 0. The molecule has 3 nitrogen and oxygen atoms in total. The van der Waals surface area contributed by atoms with Gasteiger partial charge in [-0.3, -0.25) is 4.68 Å². The normalized spacial score (nSPS) is 15.2. The summed E-state index contributed by atoms with van der Waals surface area (Å²) in [6, 6.07) is 9.32. The van der Waals surface area contributed by atoms with Gasteiger partial charge in [0.05, 0.1) is 17.8 Å². The summed E-state index contributed by atoms with van der Waals surface area (Å²) in [5, 5.41) is 9.24. The Morgan fingerprint density at radius 3 is 2.61 bits per heavy atom. The van der Waals surface area contributed by atoms with Crippen LogP contribution in [-0.2, 0) is 0 Å². The van der Waals surface area contributed by atoms with Gasteiger partial charge >= 0.3 is 0 Å². The van der Waals surface area contributed by atoms with Crippen LogP contribution in [0.1, 0.15) is 33.7 Å². The molecule has 3 heteroatoms. The molecule has 2 rings (SSSR count). The number of hydrogen-bond donors (Lipinski definition) is 1. The molecular weight excluding hydrogens is 222 g/mol. The molecule has 0 aliphatic heterocycles. The highest BCUT2D eigenvalue weighted by atomic mass is 15.3. The Hall–Kier alpha value is -1.35. The van der Waals surface area contributed by atoms with Gasteiger partial charge < -0.3 is 5.32 Å². The summed E-state index contributed by atoms with van der Waals surface area (Å²) >= 11 is 0. The highest BCUT2D eigenvalue weighted by Crippen LogP contribution is 2.22. The van der Waals surface area contributed by atoms with Crippen molar-refractivity contribution in [2.75, 3.05) is 6.54 Å². The van der Waals surface area contributed by atoms with Crippen LogP contribution in [0.15, 0.2) is 30.5 Å². The molecule has 0 saturated heterocycles. The van der Waals surface area contributed by atoms with Crippen molar-refractivity contribution in [2.24, 2.45) is 5.92 Å². The molecule has 2 unspecified atom stereocenters. The van der Waals surface area contributed by atoms with E-state index < -0.39 is 0 Å². The number of para-hydroxylation sites is 1. The van der Waals surface area contributed by atoms with Gasteiger partial charge in [-0.25, -0.2) is 0 Å². The molecular formula is C15H23N3. The van der Waals surface area contributed by atoms with Crippen LogP contribution in [0, 0.1) is 5.92 Å². The van der Waals surface area contributed by atoms with Gasteiger partial charge in [0, 0.05) is 11.4 Å². The number of nitrogens with one attached hydrogen (secondary N) is 1. The van der Waals surface area contributed by atoms with E-state index in [0.29, 0.717) is 18.0 Å². The number of nitrogens with zero attached hydrogens (tertiary/aromatic N) is 2. The van der Waals surface area contributed by atoms with Crippen molar-refractivity contribution in [3.05, 3.63) is 30.5 Å². The van der Waals surface area contributed by atoms with Gasteiger partial charge in [-0.1, -0.05) is 39.0 Å². The van der Waals surface area contributed by atoms with Crippen LogP contribution in [-0.4, -0.2) is 22.4 Å². The lowest BCUT2D eigenvalue weighted by Gasteiger charge is -2.22. The zero-order valence-corrected chi connectivity index (χ0v) is 11.7. The van der Waals surface area contributed by atoms with Gasteiger partial charge in [-0.2, -0.15) is 5.10 Å². The van der Waals surface area contributed by atoms with E-state index in [1.807, 2.05) is 6.20 Å². The Bertz CT molecular complexity index is 501. The molecule has 98 valence electrons. The van der Waals surface area contributed by atoms with Gasteiger partial charge in [0.1, 0.15) is 0 Å². The molecule has 0 bridgehead atoms. The zero-order valence-electron chi connectivity index (χ0n) is 11.7. The van der Waals surface area contributed by atoms with Crippen LogP contribution >= 0.6 is 0 Å². The fourth-order valence-electron chi connectivity index (χ4n) is 2.15. The molecule has 1 N–H and O–H groups in total. The SMILES string of the molecule is CC(C)NCC(C)C(C)n1ncc2ccccc21. The van der Waals surface area contributed by atoms with E-state index in [1.165, 1.54) is 10.9 Å². The monoisotopic (exact) mass is 245 g/mol. The Balaban J connectivity index is 2.15. The van der Waals surface area contributed by atoms with Crippen LogP contribution in [0.25, 0.3) is 10.9 Å². The van der Waals surface area contributed by atoms with Gasteiger partial charge in [-0.05, 0) is 25.5 Å². The van der Waals surface area contributed by atoms with Gasteiger partial charge in [0.25, 0.3) is 0 Å². The van der Waals surface area contributed by atoms with Crippen LogP contribution in [0.4, 0.5) is 0 Å². The highest BCUT2D eigenvalue weighted by Gasteiger charge is 2.16. The molecule has 0 amide bonds. The van der Waals surface area contributed by atoms with Crippen molar-refractivity contribution in [3.8, 4) is 0 Å². The average Bonchev–Trinajstić information content (AvgIpc) is 2.78. The maximum Gasteiger partial charge on any atom is 0.0685 e. The molecule has 1 aromatic carbocycles. The predicted octanol–water partition coefficient (Wildman–Crippen LogP) is 3.23. The summed E-state index contributed by atoms with van der Waals surface area (Å²) in [6.07, 6.45) is 1.95. The number of aromatic nitrogens is 2. The maximum atomic E-state index is 4.53. The summed E-state index contributed by atoms with van der Waals surface area (Å²) in [5.74, 6) is 0.552. The quantitative estimate of drug-likeness (QED) is 0.876. The number of fused-ring (bicyclic) bond motifs is 1. The van der Waals surface area contributed by atoms with Crippen LogP contribution in [0.2, 0.25) is 0 Å². The molecule has 0 spiro atoms.